The molecular weight excluding hydrogens is 252 g/mol. The van der Waals surface area contributed by atoms with Gasteiger partial charge >= 0.3 is 0 Å². The van der Waals surface area contributed by atoms with Gasteiger partial charge in [-0.25, -0.2) is 0 Å². The van der Waals surface area contributed by atoms with Crippen molar-refractivity contribution in [2.45, 2.75) is 27.3 Å². The normalized spacial score (nSPS) is 10.6. The Kier molecular flexibility index (Phi) is 4.45. The maximum Gasteiger partial charge on any atom is 0.226 e. The van der Waals surface area contributed by atoms with Crippen LogP contribution in [0.5, 0.6) is 0 Å². The Labute approximate surface area is 119 Å². The molecule has 2 N–H and O–H groups in total. The molecule has 1 amide bonds. The second kappa shape index (κ2) is 6.28. The number of furan rings is 1. The van der Waals surface area contributed by atoms with Gasteiger partial charge in [0.05, 0.1) is 6.54 Å². The largest absolute Gasteiger partial charge is 0.465 e. The first-order chi connectivity index (χ1) is 9.54. The van der Waals surface area contributed by atoms with E-state index in [1.807, 2.05) is 57.2 Å². The van der Waals surface area contributed by atoms with E-state index >= 15 is 0 Å². The third-order valence-electron chi connectivity index (χ3n) is 2.92. The van der Waals surface area contributed by atoms with Crippen LogP contribution in [0.1, 0.15) is 25.4 Å². The number of anilines is 2. The minimum absolute atomic E-state index is 0.0174. The first-order valence-corrected chi connectivity index (χ1v) is 6.74. The minimum Gasteiger partial charge on any atom is -0.465 e. The van der Waals surface area contributed by atoms with E-state index in [9.17, 15) is 4.79 Å². The minimum atomic E-state index is -0.0299. The SMILES string of the molecule is Cc1ccc(CNc2cccc(NC(=O)C(C)C)c2)o1. The third-order valence-corrected chi connectivity index (χ3v) is 2.92. The molecule has 0 saturated heterocycles. The van der Waals surface area contributed by atoms with Gasteiger partial charge in [0.25, 0.3) is 0 Å². The monoisotopic (exact) mass is 272 g/mol. The number of benzene rings is 1. The second-order valence-electron chi connectivity index (χ2n) is 5.09. The van der Waals surface area contributed by atoms with E-state index in [0.717, 1.165) is 22.9 Å². The zero-order chi connectivity index (χ0) is 14.5. The molecule has 0 radical (unpaired) electrons. The molecular formula is C16H20N2O2. The fourth-order valence-corrected chi connectivity index (χ4v) is 1.76. The molecule has 0 aliphatic rings. The number of amides is 1. The summed E-state index contributed by atoms with van der Waals surface area (Å²) >= 11 is 0. The lowest BCUT2D eigenvalue weighted by Crippen LogP contribution is -2.17. The van der Waals surface area contributed by atoms with Gasteiger partial charge in [-0.1, -0.05) is 19.9 Å². The highest BCUT2D eigenvalue weighted by Gasteiger charge is 2.07. The fraction of sp³-hybridized carbons (Fsp3) is 0.312. The molecule has 1 aromatic carbocycles. The van der Waals surface area contributed by atoms with Crippen molar-refractivity contribution < 1.29 is 9.21 Å². The quantitative estimate of drug-likeness (QED) is 0.870. The molecule has 0 fully saturated rings. The van der Waals surface area contributed by atoms with Crippen LogP contribution in [-0.2, 0) is 11.3 Å². The van der Waals surface area contributed by atoms with Gasteiger partial charge in [0.1, 0.15) is 11.5 Å². The van der Waals surface area contributed by atoms with E-state index in [4.69, 9.17) is 4.42 Å². The van der Waals surface area contributed by atoms with Crippen LogP contribution in [-0.4, -0.2) is 5.91 Å². The Balaban J connectivity index is 1.97. The van der Waals surface area contributed by atoms with Crippen molar-refractivity contribution in [1.29, 1.82) is 0 Å². The Morgan fingerprint density at radius 3 is 2.60 bits per heavy atom. The molecule has 2 rings (SSSR count). The first kappa shape index (κ1) is 14.2. The highest BCUT2D eigenvalue weighted by molar-refractivity contribution is 5.92. The average Bonchev–Trinajstić information content (AvgIpc) is 2.82. The van der Waals surface area contributed by atoms with E-state index in [-0.39, 0.29) is 11.8 Å². The van der Waals surface area contributed by atoms with Crippen molar-refractivity contribution >= 4 is 17.3 Å². The highest BCUT2D eigenvalue weighted by atomic mass is 16.3. The average molecular weight is 272 g/mol. The fourth-order valence-electron chi connectivity index (χ4n) is 1.76. The summed E-state index contributed by atoms with van der Waals surface area (Å²) in [4.78, 5) is 11.7. The summed E-state index contributed by atoms with van der Waals surface area (Å²) in [6.45, 7) is 6.29. The molecule has 20 heavy (non-hydrogen) atoms. The topological polar surface area (TPSA) is 54.3 Å². The van der Waals surface area contributed by atoms with Crippen molar-refractivity contribution in [3.05, 3.63) is 47.9 Å². The number of hydrogen-bond acceptors (Lipinski definition) is 3. The smallest absolute Gasteiger partial charge is 0.226 e. The summed E-state index contributed by atoms with van der Waals surface area (Å²) in [5.74, 6) is 1.78. The van der Waals surface area contributed by atoms with Gasteiger partial charge in [-0.15, -0.1) is 0 Å². The van der Waals surface area contributed by atoms with Gasteiger partial charge in [-0.2, -0.15) is 0 Å². The van der Waals surface area contributed by atoms with Crippen LogP contribution in [0.2, 0.25) is 0 Å². The molecule has 4 nitrogen and oxygen atoms in total. The van der Waals surface area contributed by atoms with Crippen molar-refractivity contribution in [3.8, 4) is 0 Å². The van der Waals surface area contributed by atoms with Gasteiger partial charge in [0.2, 0.25) is 5.91 Å². The number of carbonyl (C=O) groups is 1. The number of nitrogens with one attached hydrogen (secondary N) is 2. The third kappa shape index (κ3) is 3.88. The molecule has 4 heteroatoms. The van der Waals surface area contributed by atoms with Gasteiger partial charge < -0.3 is 15.1 Å². The summed E-state index contributed by atoms with van der Waals surface area (Å²) in [6.07, 6.45) is 0. The molecule has 0 aliphatic heterocycles. The van der Waals surface area contributed by atoms with Crippen molar-refractivity contribution in [2.24, 2.45) is 5.92 Å². The second-order valence-corrected chi connectivity index (χ2v) is 5.09. The Morgan fingerprint density at radius 2 is 1.95 bits per heavy atom. The lowest BCUT2D eigenvalue weighted by Gasteiger charge is -2.10. The van der Waals surface area contributed by atoms with Gasteiger partial charge in [0, 0.05) is 17.3 Å². The molecule has 1 aromatic heterocycles. The summed E-state index contributed by atoms with van der Waals surface area (Å²) in [5.41, 5.74) is 1.74. The van der Waals surface area contributed by atoms with E-state index in [1.54, 1.807) is 0 Å². The number of rotatable bonds is 5. The standard InChI is InChI=1S/C16H20N2O2/c1-11(2)16(19)18-14-6-4-5-13(9-14)17-10-15-8-7-12(3)20-15/h4-9,11,17H,10H2,1-3H3,(H,18,19). The zero-order valence-electron chi connectivity index (χ0n) is 12.1. The van der Waals surface area contributed by atoms with Gasteiger partial charge in [-0.05, 0) is 37.3 Å². The molecule has 0 spiro atoms. The molecule has 0 bridgehead atoms. The van der Waals surface area contributed by atoms with Crippen LogP contribution in [0.4, 0.5) is 11.4 Å². The van der Waals surface area contributed by atoms with Crippen molar-refractivity contribution in [2.75, 3.05) is 10.6 Å². The Bertz CT molecular complexity index is 588. The summed E-state index contributed by atoms with van der Waals surface area (Å²) in [5, 5.41) is 6.15. The van der Waals surface area contributed by atoms with E-state index in [0.29, 0.717) is 6.54 Å². The Morgan fingerprint density at radius 1 is 1.20 bits per heavy atom. The molecule has 0 unspecified atom stereocenters. The van der Waals surface area contributed by atoms with Gasteiger partial charge in [-0.3, -0.25) is 4.79 Å². The maximum absolute atomic E-state index is 11.7. The van der Waals surface area contributed by atoms with Crippen molar-refractivity contribution in [3.63, 3.8) is 0 Å². The summed E-state index contributed by atoms with van der Waals surface area (Å²) in [7, 11) is 0. The highest BCUT2D eigenvalue weighted by Crippen LogP contribution is 2.17. The zero-order valence-corrected chi connectivity index (χ0v) is 12.1. The predicted molar refractivity (Wildman–Crippen MR) is 80.7 cm³/mol. The Hall–Kier alpha value is -2.23. The molecule has 2 aromatic rings. The first-order valence-electron chi connectivity index (χ1n) is 6.74. The van der Waals surface area contributed by atoms with Crippen LogP contribution in [0.15, 0.2) is 40.8 Å². The predicted octanol–water partition coefficient (Wildman–Crippen LogP) is 3.79. The van der Waals surface area contributed by atoms with Crippen LogP contribution in [0.3, 0.4) is 0 Å². The number of hydrogen-bond donors (Lipinski definition) is 2. The molecule has 0 atom stereocenters. The summed E-state index contributed by atoms with van der Waals surface area (Å²) in [6, 6.07) is 11.5. The van der Waals surface area contributed by atoms with Crippen LogP contribution in [0, 0.1) is 12.8 Å². The lowest BCUT2D eigenvalue weighted by molar-refractivity contribution is -0.118. The summed E-state index contributed by atoms with van der Waals surface area (Å²) < 4.78 is 5.50. The van der Waals surface area contributed by atoms with E-state index in [1.165, 1.54) is 0 Å². The van der Waals surface area contributed by atoms with Crippen LogP contribution in [0.25, 0.3) is 0 Å². The molecule has 0 aliphatic carbocycles. The molecule has 0 saturated carbocycles. The number of carbonyl (C=O) groups excluding carboxylic acids is 1. The molecule has 1 heterocycles. The van der Waals surface area contributed by atoms with Crippen molar-refractivity contribution in [1.82, 2.24) is 0 Å². The lowest BCUT2D eigenvalue weighted by atomic mass is 10.2. The van der Waals surface area contributed by atoms with Crippen LogP contribution < -0.4 is 10.6 Å². The van der Waals surface area contributed by atoms with E-state index < -0.39 is 0 Å². The van der Waals surface area contributed by atoms with Gasteiger partial charge in [0.15, 0.2) is 0 Å². The van der Waals surface area contributed by atoms with E-state index in [2.05, 4.69) is 10.6 Å². The van der Waals surface area contributed by atoms with Crippen LogP contribution >= 0.6 is 0 Å². The maximum atomic E-state index is 11.7. The number of aryl methyl sites for hydroxylation is 1. The molecule has 106 valence electrons.